The minimum Gasteiger partial charge on any atom is -0.393 e. The molecule has 3 heteroatoms. The fourth-order valence-electron chi connectivity index (χ4n) is 0.755. The quantitative estimate of drug-likeness (QED) is 0.649. The van der Waals surface area contributed by atoms with Crippen molar-refractivity contribution in [1.82, 2.24) is 0 Å². The van der Waals surface area contributed by atoms with Crippen LogP contribution in [0.15, 0.2) is 36.5 Å². The summed E-state index contributed by atoms with van der Waals surface area (Å²) in [5, 5.41) is 8.88. The highest BCUT2D eigenvalue weighted by Gasteiger charge is 2.06. The summed E-state index contributed by atoms with van der Waals surface area (Å²) < 4.78 is 24.7. The minimum atomic E-state index is -0.746. The molecule has 12 heavy (non-hydrogen) atoms. The normalized spacial score (nSPS) is 14.2. The zero-order valence-corrected chi connectivity index (χ0v) is 6.98. The van der Waals surface area contributed by atoms with Crippen LogP contribution in [-0.2, 0) is 0 Å². The maximum Gasteiger partial charge on any atom is 0.119 e. The van der Waals surface area contributed by atoms with Crippen LogP contribution in [0.25, 0.3) is 0 Å². The molecule has 0 saturated carbocycles. The highest BCUT2D eigenvalue weighted by Crippen LogP contribution is 2.17. The third kappa shape index (κ3) is 4.79. The van der Waals surface area contributed by atoms with Gasteiger partial charge in [0.25, 0.3) is 0 Å². The average Bonchev–Trinajstić information content (AvgIpc) is 1.83. The average molecular weight is 174 g/mol. The fourth-order valence-corrected chi connectivity index (χ4v) is 0.755. The second kappa shape index (κ2) is 4.83. The Labute approximate surface area is 70.7 Å². The Bertz CT molecular complexity index is 217. The van der Waals surface area contributed by atoms with E-state index in [1.54, 1.807) is 0 Å². The van der Waals surface area contributed by atoms with Gasteiger partial charge < -0.3 is 5.11 Å². The van der Waals surface area contributed by atoms with Gasteiger partial charge in [0.05, 0.1) is 6.10 Å². The zero-order chi connectivity index (χ0) is 9.72. The van der Waals surface area contributed by atoms with E-state index >= 15 is 0 Å². The van der Waals surface area contributed by atoms with Crippen LogP contribution in [-0.4, -0.2) is 11.2 Å². The van der Waals surface area contributed by atoms with Crippen LogP contribution in [0.5, 0.6) is 0 Å². The standard InChI is InChI=1S/C9H12F2O/c1-6(10)4-9(8(3)11)5-7(2)12/h4,7,12H,1,3,5H2,2H3/b9-4-. The first-order valence-corrected chi connectivity index (χ1v) is 3.51. The molecule has 0 radical (unpaired) electrons. The second-order valence-corrected chi connectivity index (χ2v) is 2.57. The molecular formula is C9H12F2O. The van der Waals surface area contributed by atoms with Gasteiger partial charge in [0, 0.05) is 6.42 Å². The molecule has 1 N–H and O–H groups in total. The predicted octanol–water partition coefficient (Wildman–Crippen LogP) is 2.65. The first-order valence-electron chi connectivity index (χ1n) is 3.51. The van der Waals surface area contributed by atoms with Crippen molar-refractivity contribution in [2.45, 2.75) is 19.4 Å². The van der Waals surface area contributed by atoms with E-state index in [1.165, 1.54) is 6.92 Å². The van der Waals surface area contributed by atoms with Crippen molar-refractivity contribution >= 4 is 0 Å². The number of rotatable bonds is 4. The molecule has 0 amide bonds. The van der Waals surface area contributed by atoms with Gasteiger partial charge in [-0.25, -0.2) is 8.78 Å². The fraction of sp³-hybridized carbons (Fsp3) is 0.333. The molecule has 0 aromatic heterocycles. The van der Waals surface area contributed by atoms with Gasteiger partial charge in [-0.1, -0.05) is 13.2 Å². The molecule has 0 aliphatic heterocycles. The Morgan fingerprint density at radius 1 is 1.50 bits per heavy atom. The van der Waals surface area contributed by atoms with Gasteiger partial charge in [0.1, 0.15) is 11.7 Å². The van der Waals surface area contributed by atoms with Crippen molar-refractivity contribution in [2.24, 2.45) is 0 Å². The van der Waals surface area contributed by atoms with Crippen molar-refractivity contribution in [1.29, 1.82) is 0 Å². The largest absolute Gasteiger partial charge is 0.393 e. The molecule has 0 aromatic rings. The van der Waals surface area contributed by atoms with Crippen molar-refractivity contribution in [3.63, 3.8) is 0 Å². The molecule has 0 saturated heterocycles. The Kier molecular flexibility index (Phi) is 4.44. The lowest BCUT2D eigenvalue weighted by Gasteiger charge is -2.05. The maximum atomic E-state index is 12.5. The monoisotopic (exact) mass is 174 g/mol. The molecular weight excluding hydrogens is 162 g/mol. The van der Waals surface area contributed by atoms with E-state index in [0.29, 0.717) is 0 Å². The predicted molar refractivity (Wildman–Crippen MR) is 44.9 cm³/mol. The summed E-state index contributed by atoms with van der Waals surface area (Å²) in [6.07, 6.45) is 0.246. The number of halogens is 2. The summed E-state index contributed by atoms with van der Waals surface area (Å²) in [6, 6.07) is 0. The minimum absolute atomic E-state index is 0.0394. The Hall–Kier alpha value is -0.960. The molecule has 0 aliphatic carbocycles. The van der Waals surface area contributed by atoms with Crippen LogP contribution in [0.3, 0.4) is 0 Å². The van der Waals surface area contributed by atoms with Crippen molar-refractivity contribution in [3.8, 4) is 0 Å². The Balaban J connectivity index is 4.44. The highest BCUT2D eigenvalue weighted by atomic mass is 19.1. The number of hydrogen-bond acceptors (Lipinski definition) is 1. The molecule has 0 rings (SSSR count). The first kappa shape index (κ1) is 11.0. The van der Waals surface area contributed by atoms with E-state index in [9.17, 15) is 8.78 Å². The van der Waals surface area contributed by atoms with E-state index in [0.717, 1.165) is 6.08 Å². The van der Waals surface area contributed by atoms with Gasteiger partial charge >= 0.3 is 0 Å². The summed E-state index contributed by atoms with van der Waals surface area (Å²) in [4.78, 5) is 0. The van der Waals surface area contributed by atoms with Crippen LogP contribution in [0.1, 0.15) is 13.3 Å². The summed E-state index contributed by atoms with van der Waals surface area (Å²) >= 11 is 0. The Morgan fingerprint density at radius 2 is 2.00 bits per heavy atom. The third-order valence-electron chi connectivity index (χ3n) is 1.19. The third-order valence-corrected chi connectivity index (χ3v) is 1.19. The van der Waals surface area contributed by atoms with Gasteiger partial charge in [0.2, 0.25) is 0 Å². The molecule has 0 spiro atoms. The molecule has 1 nitrogen and oxygen atoms in total. The van der Waals surface area contributed by atoms with Gasteiger partial charge in [0.15, 0.2) is 0 Å². The van der Waals surface area contributed by atoms with Gasteiger partial charge in [-0.3, -0.25) is 0 Å². The summed E-state index contributed by atoms with van der Waals surface area (Å²) in [5.41, 5.74) is 0.0394. The Morgan fingerprint density at radius 3 is 2.25 bits per heavy atom. The summed E-state index contributed by atoms with van der Waals surface area (Å²) in [6.45, 7) is 7.44. The second-order valence-electron chi connectivity index (χ2n) is 2.57. The van der Waals surface area contributed by atoms with Crippen molar-refractivity contribution in [3.05, 3.63) is 36.5 Å². The van der Waals surface area contributed by atoms with Gasteiger partial charge in [-0.2, -0.15) is 0 Å². The molecule has 68 valence electrons. The number of hydrogen-bond donors (Lipinski definition) is 1. The zero-order valence-electron chi connectivity index (χ0n) is 6.98. The van der Waals surface area contributed by atoms with Gasteiger partial charge in [-0.15, -0.1) is 0 Å². The topological polar surface area (TPSA) is 20.2 Å². The molecule has 0 aromatic carbocycles. The lowest BCUT2D eigenvalue weighted by molar-refractivity contribution is 0.194. The maximum absolute atomic E-state index is 12.5. The van der Waals surface area contributed by atoms with Crippen LogP contribution in [0.4, 0.5) is 8.78 Å². The number of aliphatic hydroxyl groups is 1. The molecule has 0 bridgehead atoms. The molecule has 1 atom stereocenters. The molecule has 1 unspecified atom stereocenters. The lowest BCUT2D eigenvalue weighted by atomic mass is 10.1. The van der Waals surface area contributed by atoms with Crippen LogP contribution < -0.4 is 0 Å². The highest BCUT2D eigenvalue weighted by molar-refractivity contribution is 5.28. The van der Waals surface area contributed by atoms with Crippen LogP contribution >= 0.6 is 0 Å². The summed E-state index contributed by atoms with van der Waals surface area (Å²) in [5.74, 6) is -1.49. The SMILES string of the molecule is C=C(F)/C=C(/CC(C)O)C(=C)F. The first-order chi connectivity index (χ1) is 5.43. The lowest BCUT2D eigenvalue weighted by Crippen LogP contribution is -2.01. The summed E-state index contributed by atoms with van der Waals surface area (Å²) in [7, 11) is 0. The van der Waals surface area contributed by atoms with E-state index < -0.39 is 17.8 Å². The molecule has 0 fully saturated rings. The molecule has 0 heterocycles. The van der Waals surface area contributed by atoms with Gasteiger partial charge in [-0.05, 0) is 18.6 Å². The van der Waals surface area contributed by atoms with E-state index in [-0.39, 0.29) is 12.0 Å². The molecule has 0 aliphatic rings. The van der Waals surface area contributed by atoms with E-state index in [1.807, 2.05) is 0 Å². The number of allylic oxidation sites excluding steroid dienone is 3. The van der Waals surface area contributed by atoms with Crippen molar-refractivity contribution in [2.75, 3.05) is 0 Å². The smallest absolute Gasteiger partial charge is 0.119 e. The van der Waals surface area contributed by atoms with E-state index in [4.69, 9.17) is 5.11 Å². The van der Waals surface area contributed by atoms with E-state index in [2.05, 4.69) is 13.2 Å². The van der Waals surface area contributed by atoms with Crippen LogP contribution in [0.2, 0.25) is 0 Å². The number of aliphatic hydroxyl groups excluding tert-OH is 1. The van der Waals surface area contributed by atoms with Crippen molar-refractivity contribution < 1.29 is 13.9 Å². The van der Waals surface area contributed by atoms with Crippen LogP contribution in [0, 0.1) is 0 Å².